The third kappa shape index (κ3) is 3.62. The molecule has 1 amide bonds. The summed E-state index contributed by atoms with van der Waals surface area (Å²) >= 11 is 0. The Morgan fingerprint density at radius 1 is 1.18 bits per heavy atom. The van der Waals surface area contributed by atoms with Crippen molar-refractivity contribution in [1.82, 2.24) is 0 Å². The van der Waals surface area contributed by atoms with E-state index >= 15 is 0 Å². The normalized spacial score (nSPS) is 17.2. The van der Waals surface area contributed by atoms with Crippen LogP contribution in [0.2, 0.25) is 0 Å². The third-order valence-corrected chi connectivity index (χ3v) is 6.22. The standard InChI is InChI=1S/C23H26F2N2O/c1-14-10-16-13-27(17-4-5-19(24)20(25)11-17)9-6-18(16)15(2)22(14)26-21(28)12-23(3)7-8-23/h4-5,10-11H,6-9,12-13H2,1-3H3,(H,26,28). The van der Waals surface area contributed by atoms with Crippen molar-refractivity contribution in [3.63, 3.8) is 0 Å². The van der Waals surface area contributed by atoms with Crippen LogP contribution in [0, 0.1) is 30.9 Å². The van der Waals surface area contributed by atoms with E-state index in [2.05, 4.69) is 30.1 Å². The van der Waals surface area contributed by atoms with E-state index in [4.69, 9.17) is 0 Å². The molecular formula is C23H26F2N2O. The molecule has 1 N–H and O–H groups in total. The van der Waals surface area contributed by atoms with E-state index in [0.29, 0.717) is 18.7 Å². The first-order chi connectivity index (χ1) is 13.3. The molecule has 0 atom stereocenters. The van der Waals surface area contributed by atoms with Gasteiger partial charge in [0.15, 0.2) is 11.6 Å². The fourth-order valence-corrected chi connectivity index (χ4v) is 4.18. The Morgan fingerprint density at radius 3 is 2.61 bits per heavy atom. The zero-order valence-electron chi connectivity index (χ0n) is 16.7. The molecule has 4 rings (SSSR count). The summed E-state index contributed by atoms with van der Waals surface area (Å²) in [6.07, 6.45) is 3.64. The molecule has 0 radical (unpaired) electrons. The Kier molecular flexibility index (Phi) is 4.64. The van der Waals surface area contributed by atoms with Crippen LogP contribution in [-0.2, 0) is 17.8 Å². The molecule has 0 aromatic heterocycles. The van der Waals surface area contributed by atoms with Crippen LogP contribution in [0.3, 0.4) is 0 Å². The molecule has 0 saturated heterocycles. The number of nitrogens with zero attached hydrogens (tertiary/aromatic N) is 1. The molecule has 1 aliphatic carbocycles. The van der Waals surface area contributed by atoms with Crippen molar-refractivity contribution < 1.29 is 13.6 Å². The maximum Gasteiger partial charge on any atom is 0.224 e. The molecule has 1 saturated carbocycles. The van der Waals surface area contributed by atoms with Crippen molar-refractivity contribution in [2.75, 3.05) is 16.8 Å². The van der Waals surface area contributed by atoms with Crippen molar-refractivity contribution in [1.29, 1.82) is 0 Å². The second-order valence-electron chi connectivity index (χ2n) is 8.64. The lowest BCUT2D eigenvalue weighted by molar-refractivity contribution is -0.117. The highest BCUT2D eigenvalue weighted by Crippen LogP contribution is 2.48. The molecule has 1 fully saturated rings. The second kappa shape index (κ2) is 6.87. The van der Waals surface area contributed by atoms with E-state index < -0.39 is 11.6 Å². The summed E-state index contributed by atoms with van der Waals surface area (Å²) in [6, 6.07) is 6.17. The van der Waals surface area contributed by atoms with Crippen molar-refractivity contribution in [2.24, 2.45) is 5.41 Å². The van der Waals surface area contributed by atoms with E-state index in [1.807, 2.05) is 6.92 Å². The largest absolute Gasteiger partial charge is 0.367 e. The van der Waals surface area contributed by atoms with Gasteiger partial charge in [0.1, 0.15) is 0 Å². The summed E-state index contributed by atoms with van der Waals surface area (Å²) in [7, 11) is 0. The quantitative estimate of drug-likeness (QED) is 0.778. The van der Waals surface area contributed by atoms with Crippen LogP contribution in [0.4, 0.5) is 20.2 Å². The van der Waals surface area contributed by atoms with Crippen LogP contribution in [0.25, 0.3) is 0 Å². The van der Waals surface area contributed by atoms with Crippen molar-refractivity contribution in [3.8, 4) is 0 Å². The highest BCUT2D eigenvalue weighted by atomic mass is 19.2. The maximum absolute atomic E-state index is 13.6. The minimum Gasteiger partial charge on any atom is -0.367 e. The third-order valence-electron chi connectivity index (χ3n) is 6.22. The molecule has 2 aromatic carbocycles. The van der Waals surface area contributed by atoms with Crippen LogP contribution in [0.15, 0.2) is 24.3 Å². The molecule has 0 unspecified atom stereocenters. The van der Waals surface area contributed by atoms with Crippen LogP contribution in [-0.4, -0.2) is 12.5 Å². The van der Waals surface area contributed by atoms with Gasteiger partial charge in [0.05, 0.1) is 0 Å². The van der Waals surface area contributed by atoms with Crippen LogP contribution < -0.4 is 10.2 Å². The van der Waals surface area contributed by atoms with Gasteiger partial charge in [-0.3, -0.25) is 4.79 Å². The smallest absolute Gasteiger partial charge is 0.224 e. The molecule has 3 nitrogen and oxygen atoms in total. The molecule has 148 valence electrons. The number of halogens is 2. The van der Waals surface area contributed by atoms with E-state index in [9.17, 15) is 13.6 Å². The highest BCUT2D eigenvalue weighted by molar-refractivity contribution is 5.93. The Hall–Kier alpha value is -2.43. The van der Waals surface area contributed by atoms with Gasteiger partial charge in [0.25, 0.3) is 0 Å². The Morgan fingerprint density at radius 2 is 1.93 bits per heavy atom. The summed E-state index contributed by atoms with van der Waals surface area (Å²) in [5.41, 5.74) is 6.39. The number of nitrogens with one attached hydrogen (secondary N) is 1. The number of anilines is 2. The first-order valence-electron chi connectivity index (χ1n) is 9.87. The molecule has 2 aliphatic rings. The molecule has 28 heavy (non-hydrogen) atoms. The lowest BCUT2D eigenvalue weighted by Gasteiger charge is -2.33. The fourth-order valence-electron chi connectivity index (χ4n) is 4.18. The van der Waals surface area contributed by atoms with Gasteiger partial charge in [-0.25, -0.2) is 8.78 Å². The first-order valence-corrected chi connectivity index (χ1v) is 9.87. The summed E-state index contributed by atoms with van der Waals surface area (Å²) in [4.78, 5) is 14.5. The fraction of sp³-hybridized carbons (Fsp3) is 0.435. The molecular weight excluding hydrogens is 358 g/mol. The van der Waals surface area contributed by atoms with Gasteiger partial charge in [-0.2, -0.15) is 0 Å². The Bertz CT molecular complexity index is 950. The number of benzene rings is 2. The number of hydrogen-bond donors (Lipinski definition) is 1. The van der Waals surface area contributed by atoms with Gasteiger partial charge >= 0.3 is 0 Å². The zero-order valence-corrected chi connectivity index (χ0v) is 16.7. The van der Waals surface area contributed by atoms with Gasteiger partial charge in [-0.15, -0.1) is 0 Å². The number of aryl methyl sites for hydroxylation is 1. The highest BCUT2D eigenvalue weighted by Gasteiger charge is 2.39. The Labute approximate surface area is 164 Å². The first kappa shape index (κ1) is 18.9. The summed E-state index contributed by atoms with van der Waals surface area (Å²) in [5.74, 6) is -1.56. The average Bonchev–Trinajstić information content (AvgIpc) is 3.37. The molecule has 5 heteroatoms. The minimum absolute atomic E-state index is 0.0883. The molecule has 1 heterocycles. The molecule has 1 aliphatic heterocycles. The van der Waals surface area contributed by atoms with E-state index in [-0.39, 0.29) is 11.3 Å². The number of fused-ring (bicyclic) bond motifs is 1. The molecule has 2 aromatic rings. The SMILES string of the molecule is Cc1cc2c(c(C)c1NC(=O)CC1(C)CC1)CCN(c1ccc(F)c(F)c1)C2. The van der Waals surface area contributed by atoms with Gasteiger partial charge in [0, 0.05) is 37.0 Å². The van der Waals surface area contributed by atoms with E-state index in [1.165, 1.54) is 23.3 Å². The van der Waals surface area contributed by atoms with Crippen LogP contribution >= 0.6 is 0 Å². The van der Waals surface area contributed by atoms with Crippen LogP contribution in [0.1, 0.15) is 48.4 Å². The monoisotopic (exact) mass is 384 g/mol. The number of rotatable bonds is 4. The lowest BCUT2D eigenvalue weighted by atomic mass is 9.91. The summed E-state index contributed by atoms with van der Waals surface area (Å²) in [6.45, 7) is 7.61. The maximum atomic E-state index is 13.6. The zero-order chi connectivity index (χ0) is 20.1. The number of carbonyl (C=O) groups is 1. The number of hydrogen-bond acceptors (Lipinski definition) is 2. The van der Waals surface area contributed by atoms with Crippen molar-refractivity contribution in [2.45, 2.75) is 53.0 Å². The number of amides is 1. The van der Waals surface area contributed by atoms with Gasteiger partial charge in [-0.1, -0.05) is 13.0 Å². The molecule has 0 bridgehead atoms. The summed E-state index contributed by atoms with van der Waals surface area (Å²) in [5, 5.41) is 3.14. The van der Waals surface area contributed by atoms with Gasteiger partial charge in [0.2, 0.25) is 5.91 Å². The second-order valence-corrected chi connectivity index (χ2v) is 8.64. The Balaban J connectivity index is 1.56. The van der Waals surface area contributed by atoms with Gasteiger partial charge < -0.3 is 10.2 Å². The van der Waals surface area contributed by atoms with Crippen LogP contribution in [0.5, 0.6) is 0 Å². The predicted octanol–water partition coefficient (Wildman–Crippen LogP) is 5.27. The average molecular weight is 384 g/mol. The minimum atomic E-state index is -0.826. The topological polar surface area (TPSA) is 32.3 Å². The van der Waals surface area contributed by atoms with E-state index in [1.54, 1.807) is 6.07 Å². The molecule has 0 spiro atoms. The lowest BCUT2D eigenvalue weighted by Crippen LogP contribution is -2.31. The summed E-state index contributed by atoms with van der Waals surface area (Å²) < 4.78 is 26.9. The number of carbonyl (C=O) groups excluding carboxylic acids is 1. The van der Waals surface area contributed by atoms with Crippen molar-refractivity contribution in [3.05, 3.63) is 58.2 Å². The van der Waals surface area contributed by atoms with E-state index in [0.717, 1.165) is 42.6 Å². The predicted molar refractivity (Wildman–Crippen MR) is 108 cm³/mol. The van der Waals surface area contributed by atoms with Crippen molar-refractivity contribution >= 4 is 17.3 Å². The van der Waals surface area contributed by atoms with Gasteiger partial charge in [-0.05, 0) is 72.9 Å².